The van der Waals surface area contributed by atoms with Gasteiger partial charge in [0.15, 0.2) is 0 Å². The van der Waals surface area contributed by atoms with Crippen molar-refractivity contribution in [1.29, 1.82) is 0 Å². The van der Waals surface area contributed by atoms with Crippen molar-refractivity contribution in [3.8, 4) is 5.75 Å². The molecule has 2 N–H and O–H groups in total. The molecule has 1 aliphatic heterocycles. The first-order chi connectivity index (χ1) is 17.2. The van der Waals surface area contributed by atoms with Gasteiger partial charge in [-0.1, -0.05) is 6.92 Å². The van der Waals surface area contributed by atoms with Crippen molar-refractivity contribution >= 4 is 21.4 Å². The number of alkyl halides is 1. The second-order valence-corrected chi connectivity index (χ2v) is 11.1. The summed E-state index contributed by atoms with van der Waals surface area (Å²) in [4.78, 5) is 1.84. The minimum Gasteiger partial charge on any atom is -0.490 e. The van der Waals surface area contributed by atoms with Gasteiger partial charge in [0.1, 0.15) is 24.0 Å². The molecule has 1 saturated carbocycles. The summed E-state index contributed by atoms with van der Waals surface area (Å²) in [5, 5.41) is 14.9. The topological polar surface area (TPSA) is 99.4 Å². The van der Waals surface area contributed by atoms with Gasteiger partial charge >= 0.3 is 0 Å². The molecule has 0 amide bonds. The smallest absolute Gasteiger partial charge is 0.281 e. The van der Waals surface area contributed by atoms with Crippen LogP contribution in [0.5, 0.6) is 5.75 Å². The molecule has 3 heterocycles. The van der Waals surface area contributed by atoms with Crippen LogP contribution in [-0.2, 0) is 10.2 Å². The first-order valence-corrected chi connectivity index (χ1v) is 13.4. The Morgan fingerprint density at radius 2 is 2.08 bits per heavy atom. The van der Waals surface area contributed by atoms with Gasteiger partial charge in [-0.05, 0) is 43.2 Å². The van der Waals surface area contributed by atoms with Gasteiger partial charge in [0, 0.05) is 49.6 Å². The normalized spacial score (nSPS) is 21.4. The predicted octanol–water partition coefficient (Wildman–Crippen LogP) is 3.08. The maximum absolute atomic E-state index is 14.7. The number of rotatable bonds is 9. The lowest BCUT2D eigenvalue weighted by Gasteiger charge is -2.28. The van der Waals surface area contributed by atoms with Crippen LogP contribution in [0.15, 0.2) is 42.7 Å². The monoisotopic (exact) mass is 521 g/mol. The molecule has 194 valence electrons. The highest BCUT2D eigenvalue weighted by molar-refractivity contribution is 7.87. The molecule has 5 rings (SSSR count). The Morgan fingerprint density at radius 1 is 1.31 bits per heavy atom. The van der Waals surface area contributed by atoms with E-state index < -0.39 is 34.5 Å². The van der Waals surface area contributed by atoms with Crippen LogP contribution in [0.1, 0.15) is 49.6 Å². The standard InChI is InChI=1S/C24H29F2N5O4S/c1-3-29(2)36(33,34)28-24(32)20-13-27-31-9-8-17(12-22(20)31)30-14-16(26)11-21(30)19-10-15(25)4-7-23(19)35-18-5-6-18/h4,7-10,12-13,16,18,21,24,28,32H,3,5-6,11,14H2,1-2H3/t16-,21+,24?/m0/s1. The highest BCUT2D eigenvalue weighted by Crippen LogP contribution is 2.43. The molecule has 36 heavy (non-hydrogen) atoms. The number of aliphatic hydroxyl groups excluding tert-OH is 1. The molecule has 9 nitrogen and oxygen atoms in total. The molecule has 1 aliphatic carbocycles. The van der Waals surface area contributed by atoms with Crippen LogP contribution in [0.25, 0.3) is 5.52 Å². The van der Waals surface area contributed by atoms with Gasteiger partial charge in [-0.15, -0.1) is 0 Å². The lowest BCUT2D eigenvalue weighted by Crippen LogP contribution is -2.40. The summed E-state index contributed by atoms with van der Waals surface area (Å²) in [6, 6.07) is 7.36. The first kappa shape index (κ1) is 24.9. The highest BCUT2D eigenvalue weighted by atomic mass is 32.2. The van der Waals surface area contributed by atoms with Crippen molar-refractivity contribution in [3.63, 3.8) is 0 Å². The van der Waals surface area contributed by atoms with Crippen molar-refractivity contribution in [2.75, 3.05) is 25.0 Å². The average Bonchev–Trinajstić information content (AvgIpc) is 3.42. The molecule has 12 heteroatoms. The van der Waals surface area contributed by atoms with Gasteiger partial charge in [-0.3, -0.25) is 0 Å². The lowest BCUT2D eigenvalue weighted by atomic mass is 10.0. The van der Waals surface area contributed by atoms with Crippen LogP contribution in [0.2, 0.25) is 0 Å². The molecule has 0 bridgehead atoms. The van der Waals surface area contributed by atoms with E-state index >= 15 is 0 Å². The molecule has 2 fully saturated rings. The SMILES string of the molecule is CCN(C)S(=O)(=O)NC(O)c1cnn2ccc(N3C[C@@H](F)C[C@@H]3c3cc(F)ccc3OC3CC3)cc12. The molecule has 3 atom stereocenters. The zero-order valence-electron chi connectivity index (χ0n) is 20.0. The number of ether oxygens (including phenoxy) is 1. The van der Waals surface area contributed by atoms with Crippen molar-refractivity contribution in [1.82, 2.24) is 18.6 Å². The number of anilines is 1. The van der Waals surface area contributed by atoms with E-state index in [0.717, 1.165) is 17.1 Å². The molecule has 1 saturated heterocycles. The number of hydrogen-bond donors (Lipinski definition) is 2. The molecule has 0 radical (unpaired) electrons. The number of hydrogen-bond acceptors (Lipinski definition) is 6. The molecular weight excluding hydrogens is 492 g/mol. The Morgan fingerprint density at radius 3 is 2.81 bits per heavy atom. The molecule has 0 spiro atoms. The van der Waals surface area contributed by atoms with Crippen LogP contribution in [0.4, 0.5) is 14.5 Å². The second-order valence-electron chi connectivity index (χ2n) is 9.25. The fourth-order valence-electron chi connectivity index (χ4n) is 4.46. The lowest BCUT2D eigenvalue weighted by molar-refractivity contribution is 0.165. The summed E-state index contributed by atoms with van der Waals surface area (Å²) in [7, 11) is -2.51. The average molecular weight is 522 g/mol. The molecule has 1 unspecified atom stereocenters. The number of benzene rings is 1. The van der Waals surface area contributed by atoms with Crippen LogP contribution in [0.3, 0.4) is 0 Å². The summed E-state index contributed by atoms with van der Waals surface area (Å²) < 4.78 is 64.6. The fourth-order valence-corrected chi connectivity index (χ4v) is 5.39. The number of halogens is 2. The third kappa shape index (κ3) is 4.90. The fraction of sp³-hybridized carbons (Fsp3) is 0.458. The zero-order valence-corrected chi connectivity index (χ0v) is 20.8. The van der Waals surface area contributed by atoms with E-state index in [1.807, 2.05) is 4.90 Å². The third-order valence-corrected chi connectivity index (χ3v) is 8.28. The Kier molecular flexibility index (Phi) is 6.62. The second kappa shape index (κ2) is 9.58. The van der Waals surface area contributed by atoms with E-state index in [2.05, 4.69) is 9.82 Å². The van der Waals surface area contributed by atoms with Gasteiger partial charge in [0.25, 0.3) is 10.2 Å². The molecule has 1 aromatic carbocycles. The van der Waals surface area contributed by atoms with Crippen molar-refractivity contribution < 1.29 is 27.0 Å². The van der Waals surface area contributed by atoms with E-state index in [1.54, 1.807) is 31.3 Å². The summed E-state index contributed by atoms with van der Waals surface area (Å²) in [6.45, 7) is 2.01. The van der Waals surface area contributed by atoms with Gasteiger partial charge < -0.3 is 14.7 Å². The zero-order chi connectivity index (χ0) is 25.6. The Bertz CT molecular complexity index is 1360. The first-order valence-electron chi connectivity index (χ1n) is 11.9. The van der Waals surface area contributed by atoms with Crippen molar-refractivity contribution in [2.45, 2.75) is 50.7 Å². The minimum atomic E-state index is -3.91. The quantitative estimate of drug-likeness (QED) is 0.420. The van der Waals surface area contributed by atoms with E-state index in [-0.39, 0.29) is 31.2 Å². The summed E-state index contributed by atoms with van der Waals surface area (Å²) >= 11 is 0. The number of nitrogens with one attached hydrogen (secondary N) is 1. The molecule has 3 aromatic rings. The van der Waals surface area contributed by atoms with Crippen LogP contribution in [0, 0.1) is 5.82 Å². The van der Waals surface area contributed by atoms with E-state index in [4.69, 9.17) is 4.74 Å². The Labute approximate surface area is 208 Å². The third-order valence-electron chi connectivity index (χ3n) is 6.68. The number of aromatic nitrogens is 2. The number of pyridine rings is 1. The maximum atomic E-state index is 14.7. The van der Waals surface area contributed by atoms with E-state index in [9.17, 15) is 22.3 Å². The Hall–Kier alpha value is -2.80. The summed E-state index contributed by atoms with van der Waals surface area (Å²) in [5.41, 5.74) is 1.93. The molecule has 2 aliphatic rings. The van der Waals surface area contributed by atoms with E-state index in [1.165, 1.54) is 29.9 Å². The number of aliphatic hydroxyl groups is 1. The van der Waals surface area contributed by atoms with Gasteiger partial charge in [-0.25, -0.2) is 13.3 Å². The minimum absolute atomic E-state index is 0.0974. The van der Waals surface area contributed by atoms with Crippen molar-refractivity contribution in [3.05, 3.63) is 59.7 Å². The van der Waals surface area contributed by atoms with Crippen LogP contribution >= 0.6 is 0 Å². The van der Waals surface area contributed by atoms with Crippen LogP contribution < -0.4 is 14.4 Å². The summed E-state index contributed by atoms with van der Waals surface area (Å²) in [6.07, 6.45) is 2.53. The number of fused-ring (bicyclic) bond motifs is 1. The molecular formula is C24H29F2N5O4S. The van der Waals surface area contributed by atoms with Gasteiger partial charge in [0.05, 0.1) is 23.9 Å². The predicted molar refractivity (Wildman–Crippen MR) is 130 cm³/mol. The molecule has 2 aromatic heterocycles. The van der Waals surface area contributed by atoms with E-state index in [0.29, 0.717) is 22.5 Å². The number of nitrogens with zero attached hydrogens (tertiary/aromatic N) is 4. The van der Waals surface area contributed by atoms with Crippen LogP contribution in [-0.4, -0.2) is 59.9 Å². The van der Waals surface area contributed by atoms with Gasteiger partial charge in [-0.2, -0.15) is 22.5 Å². The maximum Gasteiger partial charge on any atom is 0.281 e. The largest absolute Gasteiger partial charge is 0.490 e. The Balaban J connectivity index is 1.48. The van der Waals surface area contributed by atoms with Crippen molar-refractivity contribution in [2.24, 2.45) is 0 Å². The summed E-state index contributed by atoms with van der Waals surface area (Å²) in [5.74, 6) is 0.135. The van der Waals surface area contributed by atoms with Gasteiger partial charge in [0.2, 0.25) is 0 Å². The highest BCUT2D eigenvalue weighted by Gasteiger charge is 2.37.